The molecule has 0 N–H and O–H groups in total. The summed E-state index contributed by atoms with van der Waals surface area (Å²) in [6.07, 6.45) is 4.22. The van der Waals surface area contributed by atoms with Gasteiger partial charge in [-0.3, -0.25) is 9.20 Å². The second kappa shape index (κ2) is 5.69. The second-order valence-corrected chi connectivity index (χ2v) is 6.05. The van der Waals surface area contributed by atoms with Gasteiger partial charge in [0, 0.05) is 31.4 Å². The first-order valence-electron chi connectivity index (χ1n) is 6.83. The summed E-state index contributed by atoms with van der Waals surface area (Å²) >= 11 is 1.58. The van der Waals surface area contributed by atoms with E-state index in [1.165, 1.54) is 11.1 Å². The first-order chi connectivity index (χ1) is 10.1. The molecule has 2 aromatic heterocycles. The summed E-state index contributed by atoms with van der Waals surface area (Å²) in [6, 6.07) is 8.14. The Balaban J connectivity index is 1.67. The number of aromatic nitrogens is 2. The molecule has 21 heavy (non-hydrogen) atoms. The number of thiazole rings is 1. The molecule has 108 valence electrons. The SMILES string of the molecule is Cc1ccccc1CN(C)C(=O)Cc1cn2ccsc2n1. The normalized spacial score (nSPS) is 11.0. The quantitative estimate of drug-likeness (QED) is 0.743. The first-order valence-corrected chi connectivity index (χ1v) is 7.71. The van der Waals surface area contributed by atoms with E-state index in [4.69, 9.17) is 0 Å². The van der Waals surface area contributed by atoms with E-state index in [0.29, 0.717) is 13.0 Å². The van der Waals surface area contributed by atoms with Crippen LogP contribution in [0.15, 0.2) is 42.0 Å². The number of aryl methyl sites for hydroxylation is 1. The number of carbonyl (C=O) groups excluding carboxylic acids is 1. The van der Waals surface area contributed by atoms with E-state index >= 15 is 0 Å². The summed E-state index contributed by atoms with van der Waals surface area (Å²) in [5.41, 5.74) is 3.21. The Hall–Kier alpha value is -2.14. The van der Waals surface area contributed by atoms with Crippen molar-refractivity contribution in [3.63, 3.8) is 0 Å². The molecule has 4 nitrogen and oxygen atoms in total. The number of benzene rings is 1. The third-order valence-electron chi connectivity index (χ3n) is 3.57. The van der Waals surface area contributed by atoms with Crippen LogP contribution in [-0.4, -0.2) is 27.2 Å². The van der Waals surface area contributed by atoms with Gasteiger partial charge in [-0.1, -0.05) is 24.3 Å². The minimum absolute atomic E-state index is 0.0870. The lowest BCUT2D eigenvalue weighted by Gasteiger charge is -2.18. The van der Waals surface area contributed by atoms with Crippen LogP contribution >= 0.6 is 11.3 Å². The smallest absolute Gasteiger partial charge is 0.228 e. The third-order valence-corrected chi connectivity index (χ3v) is 4.34. The van der Waals surface area contributed by atoms with Gasteiger partial charge in [0.15, 0.2) is 4.96 Å². The number of hydrogen-bond donors (Lipinski definition) is 0. The van der Waals surface area contributed by atoms with Crippen LogP contribution in [0, 0.1) is 6.92 Å². The van der Waals surface area contributed by atoms with Crippen LogP contribution in [0.3, 0.4) is 0 Å². The molecule has 0 unspecified atom stereocenters. The Labute approximate surface area is 127 Å². The Morgan fingerprint density at radius 3 is 2.95 bits per heavy atom. The Morgan fingerprint density at radius 2 is 2.19 bits per heavy atom. The van der Waals surface area contributed by atoms with Crippen molar-refractivity contribution in [2.24, 2.45) is 0 Å². The maximum Gasteiger partial charge on any atom is 0.228 e. The molecule has 2 heterocycles. The Bertz CT molecular complexity index is 746. The van der Waals surface area contributed by atoms with Gasteiger partial charge < -0.3 is 4.90 Å². The lowest BCUT2D eigenvalue weighted by atomic mass is 10.1. The zero-order valence-electron chi connectivity index (χ0n) is 12.1. The largest absolute Gasteiger partial charge is 0.341 e. The summed E-state index contributed by atoms with van der Waals surface area (Å²) < 4.78 is 1.95. The maximum absolute atomic E-state index is 12.3. The van der Waals surface area contributed by atoms with Crippen LogP contribution in [-0.2, 0) is 17.8 Å². The Kier molecular flexibility index (Phi) is 3.75. The highest BCUT2D eigenvalue weighted by molar-refractivity contribution is 7.15. The molecule has 0 saturated carbocycles. The fraction of sp³-hybridized carbons (Fsp3) is 0.250. The monoisotopic (exact) mass is 299 g/mol. The van der Waals surface area contributed by atoms with Crippen molar-refractivity contribution >= 4 is 22.2 Å². The molecule has 0 radical (unpaired) electrons. The van der Waals surface area contributed by atoms with Crippen LogP contribution < -0.4 is 0 Å². The standard InChI is InChI=1S/C16H17N3OS/c1-12-5-3-4-6-13(12)10-18(2)15(20)9-14-11-19-7-8-21-16(19)17-14/h3-8,11H,9-10H2,1-2H3. The number of carbonyl (C=O) groups is 1. The van der Waals surface area contributed by atoms with E-state index < -0.39 is 0 Å². The van der Waals surface area contributed by atoms with E-state index in [1.54, 1.807) is 16.2 Å². The molecule has 3 aromatic rings. The van der Waals surface area contributed by atoms with Gasteiger partial charge in [-0.25, -0.2) is 4.98 Å². The van der Waals surface area contributed by atoms with Gasteiger partial charge in [0.05, 0.1) is 12.1 Å². The zero-order valence-corrected chi connectivity index (χ0v) is 12.9. The number of nitrogens with zero attached hydrogens (tertiary/aromatic N) is 3. The van der Waals surface area contributed by atoms with Crippen molar-refractivity contribution in [2.75, 3.05) is 7.05 Å². The number of rotatable bonds is 4. The van der Waals surface area contributed by atoms with Crippen molar-refractivity contribution in [3.8, 4) is 0 Å². The lowest BCUT2D eigenvalue weighted by Crippen LogP contribution is -2.28. The topological polar surface area (TPSA) is 37.6 Å². The summed E-state index contributed by atoms with van der Waals surface area (Å²) in [5.74, 6) is 0.0870. The molecule has 3 rings (SSSR count). The molecular weight excluding hydrogens is 282 g/mol. The number of hydrogen-bond acceptors (Lipinski definition) is 3. The lowest BCUT2D eigenvalue weighted by molar-refractivity contribution is -0.129. The summed E-state index contributed by atoms with van der Waals surface area (Å²) in [6.45, 7) is 2.70. The van der Waals surface area contributed by atoms with Crippen molar-refractivity contribution in [1.82, 2.24) is 14.3 Å². The molecule has 1 aromatic carbocycles. The average molecular weight is 299 g/mol. The van der Waals surface area contributed by atoms with Crippen LogP contribution in [0.1, 0.15) is 16.8 Å². The third kappa shape index (κ3) is 2.97. The molecule has 0 aliphatic rings. The molecular formula is C16H17N3OS. The molecule has 0 saturated heterocycles. The first kappa shape index (κ1) is 13.8. The molecule has 5 heteroatoms. The molecule has 1 amide bonds. The summed E-state index contributed by atoms with van der Waals surface area (Å²) in [4.78, 5) is 19.5. The van der Waals surface area contributed by atoms with Gasteiger partial charge in [-0.15, -0.1) is 11.3 Å². The van der Waals surface area contributed by atoms with Gasteiger partial charge in [-0.2, -0.15) is 0 Å². The fourth-order valence-corrected chi connectivity index (χ4v) is 3.00. The number of amides is 1. The molecule has 0 aliphatic heterocycles. The zero-order chi connectivity index (χ0) is 14.8. The van der Waals surface area contributed by atoms with Crippen LogP contribution in [0.2, 0.25) is 0 Å². The number of imidazole rings is 1. The van der Waals surface area contributed by atoms with Crippen molar-refractivity contribution < 1.29 is 4.79 Å². The van der Waals surface area contributed by atoms with E-state index in [2.05, 4.69) is 24.0 Å². The van der Waals surface area contributed by atoms with E-state index in [9.17, 15) is 4.79 Å². The van der Waals surface area contributed by atoms with E-state index in [0.717, 1.165) is 10.7 Å². The summed E-state index contributed by atoms with van der Waals surface area (Å²) in [5, 5.41) is 1.98. The minimum atomic E-state index is 0.0870. The maximum atomic E-state index is 12.3. The van der Waals surface area contributed by atoms with Gasteiger partial charge >= 0.3 is 0 Å². The summed E-state index contributed by atoms with van der Waals surface area (Å²) in [7, 11) is 1.84. The average Bonchev–Trinajstić information content (AvgIpc) is 3.02. The predicted octanol–water partition coefficient (Wildman–Crippen LogP) is 2.91. The van der Waals surface area contributed by atoms with Crippen LogP contribution in [0.25, 0.3) is 4.96 Å². The number of fused-ring (bicyclic) bond motifs is 1. The highest BCUT2D eigenvalue weighted by atomic mass is 32.1. The highest BCUT2D eigenvalue weighted by Crippen LogP contribution is 2.13. The molecule has 0 spiro atoms. The Morgan fingerprint density at radius 1 is 1.38 bits per heavy atom. The van der Waals surface area contributed by atoms with Gasteiger partial charge in [0.1, 0.15) is 0 Å². The van der Waals surface area contributed by atoms with Gasteiger partial charge in [0.25, 0.3) is 0 Å². The predicted molar refractivity (Wildman–Crippen MR) is 84.4 cm³/mol. The van der Waals surface area contributed by atoms with Gasteiger partial charge in [-0.05, 0) is 18.1 Å². The van der Waals surface area contributed by atoms with Gasteiger partial charge in [0.2, 0.25) is 5.91 Å². The van der Waals surface area contributed by atoms with E-state index in [-0.39, 0.29) is 5.91 Å². The molecule has 0 fully saturated rings. The highest BCUT2D eigenvalue weighted by Gasteiger charge is 2.13. The van der Waals surface area contributed by atoms with Crippen LogP contribution in [0.5, 0.6) is 0 Å². The van der Waals surface area contributed by atoms with Crippen molar-refractivity contribution in [3.05, 3.63) is 58.9 Å². The molecule has 0 bridgehead atoms. The fourth-order valence-electron chi connectivity index (χ4n) is 2.28. The van der Waals surface area contributed by atoms with Crippen LogP contribution in [0.4, 0.5) is 0 Å². The van der Waals surface area contributed by atoms with Crippen molar-refractivity contribution in [2.45, 2.75) is 19.9 Å². The van der Waals surface area contributed by atoms with Crippen molar-refractivity contribution in [1.29, 1.82) is 0 Å². The second-order valence-electron chi connectivity index (χ2n) is 5.18. The number of likely N-dealkylation sites (N-methyl/N-ethyl adjacent to an activating group) is 1. The molecule has 0 aliphatic carbocycles. The van der Waals surface area contributed by atoms with E-state index in [1.807, 2.05) is 41.4 Å². The molecule has 0 atom stereocenters. The minimum Gasteiger partial charge on any atom is -0.341 e.